The van der Waals surface area contributed by atoms with Crippen LogP contribution in [-0.4, -0.2) is 19.0 Å². The molecule has 68 valence electrons. The molecule has 1 rings (SSSR count). The summed E-state index contributed by atoms with van der Waals surface area (Å²) in [7, 11) is 0. The van der Waals surface area contributed by atoms with E-state index in [0.717, 1.165) is 19.5 Å². The number of alkyl halides is 1. The molecule has 1 heterocycles. The Morgan fingerprint density at radius 2 is 2.25 bits per heavy atom. The Bertz CT molecular complexity index is 227. The van der Waals surface area contributed by atoms with Crippen molar-refractivity contribution in [1.82, 2.24) is 5.32 Å². The molecule has 1 N–H and O–H groups in total. The SMILES string of the molecule is ClCCNCCc1ccc(Br)s1. The van der Waals surface area contributed by atoms with Crippen molar-refractivity contribution >= 4 is 38.9 Å². The molecule has 4 heteroatoms. The average molecular weight is 269 g/mol. The number of rotatable bonds is 5. The maximum atomic E-state index is 5.52. The van der Waals surface area contributed by atoms with E-state index in [4.69, 9.17) is 11.6 Å². The Morgan fingerprint density at radius 3 is 2.83 bits per heavy atom. The van der Waals surface area contributed by atoms with Gasteiger partial charge in [0.25, 0.3) is 0 Å². The van der Waals surface area contributed by atoms with Gasteiger partial charge in [-0.2, -0.15) is 0 Å². The predicted octanol–water partition coefficient (Wildman–Crippen LogP) is 2.88. The van der Waals surface area contributed by atoms with Gasteiger partial charge in [-0.1, -0.05) is 0 Å². The van der Waals surface area contributed by atoms with Gasteiger partial charge < -0.3 is 5.32 Å². The average Bonchev–Trinajstić information content (AvgIpc) is 2.45. The first-order chi connectivity index (χ1) is 5.83. The summed E-state index contributed by atoms with van der Waals surface area (Å²) in [5, 5.41) is 3.25. The third-order valence-electron chi connectivity index (χ3n) is 1.45. The van der Waals surface area contributed by atoms with E-state index in [9.17, 15) is 0 Å². The number of halogens is 2. The van der Waals surface area contributed by atoms with Crippen molar-refractivity contribution in [3.63, 3.8) is 0 Å². The Hall–Kier alpha value is 0.430. The highest BCUT2D eigenvalue weighted by Gasteiger charge is 1.96. The van der Waals surface area contributed by atoms with E-state index in [1.807, 2.05) is 0 Å². The van der Waals surface area contributed by atoms with Gasteiger partial charge in [-0.15, -0.1) is 22.9 Å². The topological polar surface area (TPSA) is 12.0 Å². The van der Waals surface area contributed by atoms with Gasteiger partial charge in [0.2, 0.25) is 0 Å². The van der Waals surface area contributed by atoms with Gasteiger partial charge in [0.1, 0.15) is 0 Å². The minimum absolute atomic E-state index is 0.689. The Labute approximate surface area is 90.3 Å². The quantitative estimate of drug-likeness (QED) is 0.640. The number of thiophene rings is 1. The summed E-state index contributed by atoms with van der Waals surface area (Å²) < 4.78 is 1.20. The molecule has 0 aliphatic heterocycles. The molecule has 12 heavy (non-hydrogen) atoms. The molecule has 1 aromatic heterocycles. The largest absolute Gasteiger partial charge is 0.315 e. The second-order valence-electron chi connectivity index (χ2n) is 2.39. The molecule has 0 unspecified atom stereocenters. The molecular formula is C8H11BrClNS. The van der Waals surface area contributed by atoms with Crippen LogP contribution < -0.4 is 5.32 Å². The molecule has 0 aromatic carbocycles. The molecule has 0 saturated heterocycles. The second kappa shape index (κ2) is 5.97. The van der Waals surface area contributed by atoms with Crippen LogP contribution in [0, 0.1) is 0 Å². The molecule has 0 saturated carbocycles. The third kappa shape index (κ3) is 3.90. The molecular weight excluding hydrogens is 258 g/mol. The molecule has 0 aliphatic carbocycles. The van der Waals surface area contributed by atoms with Crippen LogP contribution in [0.25, 0.3) is 0 Å². The van der Waals surface area contributed by atoms with Crippen LogP contribution in [0.1, 0.15) is 4.88 Å². The van der Waals surface area contributed by atoms with Crippen LogP contribution >= 0.6 is 38.9 Å². The lowest BCUT2D eigenvalue weighted by molar-refractivity contribution is 0.724. The highest BCUT2D eigenvalue weighted by molar-refractivity contribution is 9.11. The first-order valence-electron chi connectivity index (χ1n) is 3.84. The fourth-order valence-electron chi connectivity index (χ4n) is 0.890. The molecule has 1 nitrogen and oxygen atoms in total. The van der Waals surface area contributed by atoms with Crippen LogP contribution in [-0.2, 0) is 6.42 Å². The summed E-state index contributed by atoms with van der Waals surface area (Å²) >= 11 is 10.7. The molecule has 0 radical (unpaired) electrons. The fourth-order valence-corrected chi connectivity index (χ4v) is 2.51. The van der Waals surface area contributed by atoms with Gasteiger partial charge in [0, 0.05) is 23.8 Å². The third-order valence-corrected chi connectivity index (χ3v) is 3.32. The Kier molecular flexibility index (Phi) is 5.23. The van der Waals surface area contributed by atoms with E-state index >= 15 is 0 Å². The van der Waals surface area contributed by atoms with Crippen molar-refractivity contribution in [3.05, 3.63) is 20.8 Å². The van der Waals surface area contributed by atoms with Crippen LogP contribution in [0.15, 0.2) is 15.9 Å². The van der Waals surface area contributed by atoms with E-state index in [1.54, 1.807) is 11.3 Å². The van der Waals surface area contributed by atoms with Crippen LogP contribution in [0.2, 0.25) is 0 Å². The van der Waals surface area contributed by atoms with E-state index < -0.39 is 0 Å². The zero-order chi connectivity index (χ0) is 8.81. The van der Waals surface area contributed by atoms with Crippen LogP contribution in [0.5, 0.6) is 0 Å². The van der Waals surface area contributed by atoms with Gasteiger partial charge in [-0.25, -0.2) is 0 Å². The molecule has 0 bridgehead atoms. The lowest BCUT2D eigenvalue weighted by Gasteiger charge is -1.98. The molecule has 1 aromatic rings. The minimum Gasteiger partial charge on any atom is -0.315 e. The van der Waals surface area contributed by atoms with Crippen molar-refractivity contribution in [2.45, 2.75) is 6.42 Å². The van der Waals surface area contributed by atoms with Crippen molar-refractivity contribution in [3.8, 4) is 0 Å². The number of hydrogen-bond donors (Lipinski definition) is 1. The molecule has 0 amide bonds. The van der Waals surface area contributed by atoms with Crippen molar-refractivity contribution in [1.29, 1.82) is 0 Å². The molecule has 0 aliphatic rings. The highest BCUT2D eigenvalue weighted by atomic mass is 79.9. The zero-order valence-corrected chi connectivity index (χ0v) is 9.81. The van der Waals surface area contributed by atoms with Crippen molar-refractivity contribution in [2.75, 3.05) is 19.0 Å². The maximum absolute atomic E-state index is 5.52. The van der Waals surface area contributed by atoms with Crippen LogP contribution in [0.3, 0.4) is 0 Å². The Balaban J connectivity index is 2.15. The summed E-state index contributed by atoms with van der Waals surface area (Å²) in [6.45, 7) is 1.91. The molecule has 0 atom stereocenters. The highest BCUT2D eigenvalue weighted by Crippen LogP contribution is 2.21. The standard InChI is InChI=1S/C8H11BrClNS/c9-8-2-1-7(12-8)3-5-11-6-4-10/h1-2,11H,3-6H2. The summed E-state index contributed by atoms with van der Waals surface area (Å²) in [4.78, 5) is 1.41. The molecule has 0 spiro atoms. The summed E-state index contributed by atoms with van der Waals surface area (Å²) in [6, 6.07) is 4.23. The summed E-state index contributed by atoms with van der Waals surface area (Å²) in [5.74, 6) is 0.689. The normalized spacial score (nSPS) is 10.5. The van der Waals surface area contributed by atoms with E-state index in [2.05, 4.69) is 33.4 Å². The minimum atomic E-state index is 0.689. The van der Waals surface area contributed by atoms with E-state index in [-0.39, 0.29) is 0 Å². The summed E-state index contributed by atoms with van der Waals surface area (Å²) in [6.07, 6.45) is 1.09. The monoisotopic (exact) mass is 267 g/mol. The van der Waals surface area contributed by atoms with Crippen molar-refractivity contribution in [2.24, 2.45) is 0 Å². The van der Waals surface area contributed by atoms with Gasteiger partial charge in [0.05, 0.1) is 3.79 Å². The summed E-state index contributed by atoms with van der Waals surface area (Å²) in [5.41, 5.74) is 0. The fraction of sp³-hybridized carbons (Fsp3) is 0.500. The lowest BCUT2D eigenvalue weighted by Crippen LogP contribution is -2.18. The van der Waals surface area contributed by atoms with Crippen molar-refractivity contribution < 1.29 is 0 Å². The van der Waals surface area contributed by atoms with E-state index in [0.29, 0.717) is 5.88 Å². The van der Waals surface area contributed by atoms with Gasteiger partial charge in [0.15, 0.2) is 0 Å². The van der Waals surface area contributed by atoms with E-state index in [1.165, 1.54) is 8.66 Å². The predicted molar refractivity (Wildman–Crippen MR) is 59.3 cm³/mol. The first kappa shape index (κ1) is 10.5. The molecule has 0 fully saturated rings. The Morgan fingerprint density at radius 1 is 1.42 bits per heavy atom. The number of hydrogen-bond acceptors (Lipinski definition) is 2. The van der Waals surface area contributed by atoms with Gasteiger partial charge >= 0.3 is 0 Å². The second-order valence-corrected chi connectivity index (χ2v) is 5.32. The van der Waals surface area contributed by atoms with Crippen LogP contribution in [0.4, 0.5) is 0 Å². The zero-order valence-electron chi connectivity index (χ0n) is 6.65. The smallest absolute Gasteiger partial charge is 0.0701 e. The number of nitrogens with one attached hydrogen (secondary N) is 1. The lowest BCUT2D eigenvalue weighted by atomic mass is 10.3. The van der Waals surface area contributed by atoms with Gasteiger partial charge in [-0.05, 0) is 34.5 Å². The first-order valence-corrected chi connectivity index (χ1v) is 5.98. The maximum Gasteiger partial charge on any atom is 0.0701 e. The van der Waals surface area contributed by atoms with Gasteiger partial charge in [-0.3, -0.25) is 0 Å².